The molecule has 1 aliphatic carbocycles. The minimum absolute atomic E-state index is 0.0630. The number of hydrogen-bond acceptors (Lipinski definition) is 5. The summed E-state index contributed by atoms with van der Waals surface area (Å²) in [5.74, 6) is 1.28. The second kappa shape index (κ2) is 7.03. The number of Topliss-reactive ketones (excluding diaryl/α,β-unsaturated/α-hetero) is 1. The largest absolute Gasteiger partial charge is 0.490 e. The van der Waals surface area contributed by atoms with Gasteiger partial charge in [-0.25, -0.2) is 9.37 Å². The number of alkyl halides is 1. The molecule has 1 fully saturated rings. The number of aryl methyl sites for hydroxylation is 1. The van der Waals surface area contributed by atoms with Crippen molar-refractivity contribution in [3.8, 4) is 17.0 Å². The summed E-state index contributed by atoms with van der Waals surface area (Å²) in [4.78, 5) is 16.0. The maximum absolute atomic E-state index is 13.6. The normalized spacial score (nSPS) is 19.6. The van der Waals surface area contributed by atoms with Gasteiger partial charge in [0.1, 0.15) is 22.7 Å². The number of halogens is 1. The molecule has 142 valence electrons. The van der Waals surface area contributed by atoms with E-state index in [0.29, 0.717) is 23.6 Å². The average molecular weight is 387 g/mol. The van der Waals surface area contributed by atoms with Crippen molar-refractivity contribution >= 4 is 28.0 Å². The molecule has 4 rings (SSSR count). The third-order valence-corrected chi connectivity index (χ3v) is 6.12. The molecule has 1 aromatic carbocycles. The lowest BCUT2D eigenvalue weighted by Gasteiger charge is -2.21. The number of aromatic nitrogens is 3. The molecule has 3 atom stereocenters. The van der Waals surface area contributed by atoms with E-state index in [4.69, 9.17) is 4.74 Å². The number of carbonyl (C=O) groups excluding carboxylic acids is 1. The molecule has 0 N–H and O–H groups in total. The molecule has 1 saturated carbocycles. The standard InChI is InChI=1S/C20H22FN3O2S/c1-11(21)20-22-18(10-27-20)14-7-17-16(9-24(3)23-17)19(8-14)26-12(2)13-4-5-15(25)6-13/h7-13H,4-6H2,1-3H3/t11?,12-,13+/m1/s1. The zero-order valence-corrected chi connectivity index (χ0v) is 16.4. The van der Waals surface area contributed by atoms with Crippen LogP contribution in [0.1, 0.15) is 44.3 Å². The summed E-state index contributed by atoms with van der Waals surface area (Å²) in [5, 5.41) is 7.75. The van der Waals surface area contributed by atoms with Crippen LogP contribution in [0.25, 0.3) is 22.2 Å². The van der Waals surface area contributed by atoms with Crippen molar-refractivity contribution in [1.82, 2.24) is 14.8 Å². The Morgan fingerprint density at radius 1 is 1.37 bits per heavy atom. The van der Waals surface area contributed by atoms with Crippen LogP contribution in [0.5, 0.6) is 5.75 Å². The van der Waals surface area contributed by atoms with Crippen LogP contribution in [0, 0.1) is 5.92 Å². The highest BCUT2D eigenvalue weighted by atomic mass is 32.1. The van der Waals surface area contributed by atoms with E-state index in [1.807, 2.05) is 37.7 Å². The Morgan fingerprint density at radius 3 is 2.85 bits per heavy atom. The molecule has 3 aromatic rings. The van der Waals surface area contributed by atoms with Gasteiger partial charge in [-0.05, 0) is 32.4 Å². The first-order valence-electron chi connectivity index (χ1n) is 9.16. The molecule has 5 nitrogen and oxygen atoms in total. The van der Waals surface area contributed by atoms with Gasteiger partial charge < -0.3 is 4.74 Å². The lowest BCUT2D eigenvalue weighted by Crippen LogP contribution is -2.21. The smallest absolute Gasteiger partial charge is 0.149 e. The molecule has 0 saturated heterocycles. The Balaban J connectivity index is 1.70. The molecule has 0 aliphatic heterocycles. The van der Waals surface area contributed by atoms with Crippen LogP contribution < -0.4 is 4.74 Å². The number of nitrogens with zero attached hydrogens (tertiary/aromatic N) is 3. The predicted molar refractivity (Wildman–Crippen MR) is 104 cm³/mol. The fourth-order valence-electron chi connectivity index (χ4n) is 3.60. The van der Waals surface area contributed by atoms with Crippen LogP contribution in [0.4, 0.5) is 4.39 Å². The van der Waals surface area contributed by atoms with Gasteiger partial charge in [0.25, 0.3) is 0 Å². The number of ether oxygens (including phenoxy) is 1. The second-order valence-corrected chi connectivity index (χ2v) is 8.15. The Kier molecular flexibility index (Phi) is 4.72. The highest BCUT2D eigenvalue weighted by Crippen LogP contribution is 2.36. The van der Waals surface area contributed by atoms with Gasteiger partial charge in [0.2, 0.25) is 0 Å². The molecule has 2 heterocycles. The van der Waals surface area contributed by atoms with Crippen LogP contribution in [0.3, 0.4) is 0 Å². The third kappa shape index (κ3) is 3.60. The summed E-state index contributed by atoms with van der Waals surface area (Å²) >= 11 is 1.31. The lowest BCUT2D eigenvalue weighted by atomic mass is 10.0. The topological polar surface area (TPSA) is 57.0 Å². The Labute approximate surface area is 161 Å². The molecule has 2 aromatic heterocycles. The van der Waals surface area contributed by atoms with E-state index in [1.54, 1.807) is 4.68 Å². The lowest BCUT2D eigenvalue weighted by molar-refractivity contribution is -0.117. The zero-order valence-electron chi connectivity index (χ0n) is 15.6. The minimum atomic E-state index is -1.09. The number of thiazole rings is 1. The summed E-state index contributed by atoms with van der Waals surface area (Å²) in [6.07, 6.45) is 2.88. The van der Waals surface area contributed by atoms with Gasteiger partial charge in [0.15, 0.2) is 0 Å². The summed E-state index contributed by atoms with van der Waals surface area (Å²) in [5.41, 5.74) is 2.39. The van der Waals surface area contributed by atoms with Crippen molar-refractivity contribution in [3.05, 3.63) is 28.7 Å². The molecule has 0 radical (unpaired) electrons. The van der Waals surface area contributed by atoms with Gasteiger partial charge in [0.05, 0.1) is 22.7 Å². The van der Waals surface area contributed by atoms with Crippen LogP contribution in [0.2, 0.25) is 0 Å². The minimum Gasteiger partial charge on any atom is -0.490 e. The first-order chi connectivity index (χ1) is 12.9. The first-order valence-corrected chi connectivity index (χ1v) is 10.0. The third-order valence-electron chi connectivity index (χ3n) is 5.12. The average Bonchev–Trinajstić information content (AvgIpc) is 3.32. The van der Waals surface area contributed by atoms with Crippen molar-refractivity contribution in [2.45, 2.75) is 45.4 Å². The Bertz CT molecular complexity index is 994. The second-order valence-electron chi connectivity index (χ2n) is 7.26. The van der Waals surface area contributed by atoms with Crippen molar-refractivity contribution in [1.29, 1.82) is 0 Å². The molecule has 7 heteroatoms. The van der Waals surface area contributed by atoms with Crippen molar-refractivity contribution < 1.29 is 13.9 Å². The van der Waals surface area contributed by atoms with E-state index in [9.17, 15) is 9.18 Å². The quantitative estimate of drug-likeness (QED) is 0.627. The number of benzene rings is 1. The highest BCUT2D eigenvalue weighted by molar-refractivity contribution is 7.10. The van der Waals surface area contributed by atoms with Crippen molar-refractivity contribution in [3.63, 3.8) is 0 Å². The van der Waals surface area contributed by atoms with Gasteiger partial charge in [-0.15, -0.1) is 11.3 Å². The van der Waals surface area contributed by atoms with Gasteiger partial charge in [-0.3, -0.25) is 9.48 Å². The van der Waals surface area contributed by atoms with Crippen LogP contribution in [0.15, 0.2) is 23.7 Å². The van der Waals surface area contributed by atoms with E-state index in [2.05, 4.69) is 10.1 Å². The monoisotopic (exact) mass is 387 g/mol. The van der Waals surface area contributed by atoms with Crippen LogP contribution in [-0.4, -0.2) is 26.7 Å². The predicted octanol–water partition coefficient (Wildman–Crippen LogP) is 4.86. The van der Waals surface area contributed by atoms with E-state index >= 15 is 0 Å². The van der Waals surface area contributed by atoms with Crippen molar-refractivity contribution in [2.24, 2.45) is 13.0 Å². The van der Waals surface area contributed by atoms with E-state index in [0.717, 1.165) is 34.3 Å². The molecule has 0 bridgehead atoms. The SMILES string of the molecule is CC(F)c1nc(-c2cc(O[C@H](C)[C@H]3CCC(=O)C3)c3cn(C)nc3c2)cs1. The molecule has 0 spiro atoms. The number of hydrogen-bond donors (Lipinski definition) is 0. The van der Waals surface area contributed by atoms with E-state index < -0.39 is 6.17 Å². The fourth-order valence-corrected chi connectivity index (χ4v) is 4.36. The van der Waals surface area contributed by atoms with E-state index in [1.165, 1.54) is 18.3 Å². The summed E-state index contributed by atoms with van der Waals surface area (Å²) in [6, 6.07) is 3.90. The number of carbonyl (C=O) groups is 1. The number of fused-ring (bicyclic) bond motifs is 1. The molecule has 1 unspecified atom stereocenters. The summed E-state index contributed by atoms with van der Waals surface area (Å²) in [6.45, 7) is 3.51. The van der Waals surface area contributed by atoms with Crippen LogP contribution in [-0.2, 0) is 11.8 Å². The molecular weight excluding hydrogens is 365 g/mol. The van der Waals surface area contributed by atoms with Gasteiger partial charge in [-0.2, -0.15) is 5.10 Å². The van der Waals surface area contributed by atoms with Gasteiger partial charge >= 0.3 is 0 Å². The van der Waals surface area contributed by atoms with Gasteiger partial charge in [-0.1, -0.05) is 0 Å². The Morgan fingerprint density at radius 2 is 2.19 bits per heavy atom. The van der Waals surface area contributed by atoms with Crippen LogP contribution >= 0.6 is 11.3 Å². The zero-order chi connectivity index (χ0) is 19.1. The summed E-state index contributed by atoms with van der Waals surface area (Å²) < 4.78 is 21.6. The highest BCUT2D eigenvalue weighted by Gasteiger charge is 2.28. The molecule has 0 amide bonds. The first kappa shape index (κ1) is 18.1. The maximum Gasteiger partial charge on any atom is 0.149 e. The molecular formula is C20H22FN3O2S. The Hall–Kier alpha value is -2.28. The molecule has 1 aliphatic rings. The van der Waals surface area contributed by atoms with E-state index in [-0.39, 0.29) is 12.0 Å². The summed E-state index contributed by atoms with van der Waals surface area (Å²) in [7, 11) is 1.87. The number of rotatable bonds is 5. The fraction of sp³-hybridized carbons (Fsp3) is 0.450. The number of ketones is 1. The van der Waals surface area contributed by atoms with Gasteiger partial charge in [0, 0.05) is 42.9 Å². The van der Waals surface area contributed by atoms with Crippen molar-refractivity contribution in [2.75, 3.05) is 0 Å². The molecule has 27 heavy (non-hydrogen) atoms. The maximum atomic E-state index is 13.6.